The van der Waals surface area contributed by atoms with Gasteiger partial charge in [0.15, 0.2) is 0 Å². The molecule has 0 aliphatic rings. The predicted octanol–water partition coefficient (Wildman–Crippen LogP) is 4.00. The SMILES string of the molecule is Cc1ccccc1C(c1ccccc1C)C(CC(=O)O)CC(=O)O. The van der Waals surface area contributed by atoms with Gasteiger partial charge in [-0.2, -0.15) is 0 Å². The number of carboxylic acids is 2. The van der Waals surface area contributed by atoms with Crippen LogP contribution in [0.3, 0.4) is 0 Å². The predicted molar refractivity (Wildman–Crippen MR) is 92.2 cm³/mol. The summed E-state index contributed by atoms with van der Waals surface area (Å²) in [5.74, 6) is -2.73. The van der Waals surface area contributed by atoms with E-state index in [1.165, 1.54) is 0 Å². The molecule has 0 aromatic heterocycles. The minimum absolute atomic E-state index is 0.181. The van der Waals surface area contributed by atoms with Crippen LogP contribution in [0.15, 0.2) is 48.5 Å². The van der Waals surface area contributed by atoms with Crippen molar-refractivity contribution >= 4 is 11.9 Å². The third kappa shape index (κ3) is 4.22. The van der Waals surface area contributed by atoms with Crippen LogP contribution in [0.25, 0.3) is 0 Å². The van der Waals surface area contributed by atoms with Crippen LogP contribution in [0.5, 0.6) is 0 Å². The minimum Gasteiger partial charge on any atom is -0.481 e. The first-order valence-electron chi connectivity index (χ1n) is 7.94. The monoisotopic (exact) mass is 326 g/mol. The molecule has 0 saturated heterocycles. The van der Waals surface area contributed by atoms with Crippen molar-refractivity contribution in [3.8, 4) is 0 Å². The highest BCUT2D eigenvalue weighted by atomic mass is 16.4. The van der Waals surface area contributed by atoms with E-state index in [0.29, 0.717) is 0 Å². The Morgan fingerprint density at radius 3 is 1.50 bits per heavy atom. The van der Waals surface area contributed by atoms with E-state index in [2.05, 4.69) is 0 Å². The van der Waals surface area contributed by atoms with Crippen molar-refractivity contribution in [1.29, 1.82) is 0 Å². The maximum atomic E-state index is 11.3. The van der Waals surface area contributed by atoms with E-state index >= 15 is 0 Å². The van der Waals surface area contributed by atoms with E-state index < -0.39 is 17.9 Å². The highest BCUT2D eigenvalue weighted by Gasteiger charge is 2.30. The van der Waals surface area contributed by atoms with Gasteiger partial charge in [-0.1, -0.05) is 48.5 Å². The van der Waals surface area contributed by atoms with Crippen molar-refractivity contribution < 1.29 is 19.8 Å². The Labute approximate surface area is 141 Å². The van der Waals surface area contributed by atoms with Gasteiger partial charge in [-0.05, 0) is 42.0 Å². The summed E-state index contributed by atoms with van der Waals surface area (Å²) in [5.41, 5.74) is 4.04. The van der Waals surface area contributed by atoms with Gasteiger partial charge in [-0.3, -0.25) is 9.59 Å². The maximum absolute atomic E-state index is 11.3. The zero-order valence-electron chi connectivity index (χ0n) is 13.9. The number of hydrogen-bond acceptors (Lipinski definition) is 2. The molecule has 0 spiro atoms. The van der Waals surface area contributed by atoms with Crippen LogP contribution in [-0.4, -0.2) is 22.2 Å². The lowest BCUT2D eigenvalue weighted by molar-refractivity contribution is -0.140. The fraction of sp³-hybridized carbons (Fsp3) is 0.300. The van der Waals surface area contributed by atoms with Crippen LogP contribution in [0.4, 0.5) is 0 Å². The third-order valence-electron chi connectivity index (χ3n) is 4.39. The second kappa shape index (κ2) is 7.77. The number of aliphatic carboxylic acids is 2. The molecule has 2 N–H and O–H groups in total. The normalized spacial score (nSPS) is 11.0. The van der Waals surface area contributed by atoms with E-state index in [0.717, 1.165) is 22.3 Å². The van der Waals surface area contributed by atoms with E-state index in [1.54, 1.807) is 0 Å². The van der Waals surface area contributed by atoms with Crippen LogP contribution >= 0.6 is 0 Å². The molecule has 2 aromatic rings. The van der Waals surface area contributed by atoms with Gasteiger partial charge in [0.05, 0.1) is 0 Å². The molecule has 4 nitrogen and oxygen atoms in total. The number of carboxylic acid groups (broad SMARTS) is 2. The van der Waals surface area contributed by atoms with E-state index in [1.807, 2.05) is 62.4 Å². The Morgan fingerprint density at radius 2 is 1.17 bits per heavy atom. The van der Waals surface area contributed by atoms with Crippen molar-refractivity contribution in [3.63, 3.8) is 0 Å². The molecule has 0 saturated carbocycles. The molecule has 0 radical (unpaired) electrons. The van der Waals surface area contributed by atoms with Gasteiger partial charge in [-0.25, -0.2) is 0 Å². The first kappa shape index (κ1) is 17.7. The topological polar surface area (TPSA) is 74.6 Å². The van der Waals surface area contributed by atoms with Gasteiger partial charge >= 0.3 is 11.9 Å². The van der Waals surface area contributed by atoms with Crippen LogP contribution in [0.1, 0.15) is 41.0 Å². The summed E-state index contributed by atoms with van der Waals surface area (Å²) in [5, 5.41) is 18.6. The van der Waals surface area contributed by atoms with Gasteiger partial charge in [0.25, 0.3) is 0 Å². The van der Waals surface area contributed by atoms with Crippen LogP contribution in [0.2, 0.25) is 0 Å². The molecular formula is C20H22O4. The van der Waals surface area contributed by atoms with E-state index in [-0.39, 0.29) is 18.8 Å². The second-order valence-electron chi connectivity index (χ2n) is 6.15. The molecular weight excluding hydrogens is 304 g/mol. The van der Waals surface area contributed by atoms with Crippen molar-refractivity contribution in [2.24, 2.45) is 5.92 Å². The summed E-state index contributed by atoms with van der Waals surface area (Å²) in [6, 6.07) is 15.5. The third-order valence-corrected chi connectivity index (χ3v) is 4.39. The molecule has 2 rings (SSSR count). The van der Waals surface area contributed by atoms with Crippen LogP contribution in [0, 0.1) is 19.8 Å². The lowest BCUT2D eigenvalue weighted by atomic mass is 9.75. The number of benzene rings is 2. The Hall–Kier alpha value is -2.62. The Kier molecular flexibility index (Phi) is 5.74. The summed E-state index contributed by atoms with van der Waals surface area (Å²) in [4.78, 5) is 22.7. The number of hydrogen-bond donors (Lipinski definition) is 2. The first-order valence-corrected chi connectivity index (χ1v) is 7.94. The smallest absolute Gasteiger partial charge is 0.303 e. The molecule has 0 atom stereocenters. The summed E-state index contributed by atoms with van der Waals surface area (Å²) in [7, 11) is 0. The van der Waals surface area contributed by atoms with Crippen molar-refractivity contribution in [3.05, 3.63) is 70.8 Å². The quantitative estimate of drug-likeness (QED) is 0.806. The van der Waals surface area contributed by atoms with Gasteiger partial charge in [0.2, 0.25) is 0 Å². The van der Waals surface area contributed by atoms with Crippen molar-refractivity contribution in [2.45, 2.75) is 32.6 Å². The molecule has 0 aliphatic heterocycles. The zero-order chi connectivity index (χ0) is 17.7. The molecule has 126 valence electrons. The lowest BCUT2D eigenvalue weighted by Crippen LogP contribution is -2.22. The van der Waals surface area contributed by atoms with E-state index in [4.69, 9.17) is 0 Å². The summed E-state index contributed by atoms with van der Waals surface area (Å²) >= 11 is 0. The number of aryl methyl sites for hydroxylation is 2. The summed E-state index contributed by atoms with van der Waals surface area (Å²) in [6.07, 6.45) is -0.362. The lowest BCUT2D eigenvalue weighted by Gasteiger charge is -2.28. The molecule has 0 aliphatic carbocycles. The molecule has 0 amide bonds. The number of rotatable bonds is 7. The van der Waals surface area contributed by atoms with Crippen molar-refractivity contribution in [2.75, 3.05) is 0 Å². The van der Waals surface area contributed by atoms with Gasteiger partial charge < -0.3 is 10.2 Å². The van der Waals surface area contributed by atoms with Gasteiger partial charge in [0.1, 0.15) is 0 Å². The van der Waals surface area contributed by atoms with Crippen LogP contribution < -0.4 is 0 Å². The van der Waals surface area contributed by atoms with Gasteiger partial charge in [-0.15, -0.1) is 0 Å². The van der Waals surface area contributed by atoms with Gasteiger partial charge in [0, 0.05) is 18.8 Å². The molecule has 4 heteroatoms. The molecule has 0 heterocycles. The Bertz CT molecular complexity index is 674. The largest absolute Gasteiger partial charge is 0.481 e. The molecule has 0 bridgehead atoms. The molecule has 24 heavy (non-hydrogen) atoms. The highest BCUT2D eigenvalue weighted by Crippen LogP contribution is 2.39. The van der Waals surface area contributed by atoms with E-state index in [9.17, 15) is 19.8 Å². The average molecular weight is 326 g/mol. The summed E-state index contributed by atoms with van der Waals surface area (Å²) < 4.78 is 0. The second-order valence-corrected chi connectivity index (χ2v) is 6.15. The van der Waals surface area contributed by atoms with Crippen LogP contribution in [-0.2, 0) is 9.59 Å². The zero-order valence-corrected chi connectivity index (χ0v) is 13.9. The maximum Gasteiger partial charge on any atom is 0.303 e. The minimum atomic E-state index is -0.978. The summed E-state index contributed by atoms with van der Waals surface area (Å²) in [6.45, 7) is 3.94. The molecule has 2 aromatic carbocycles. The highest BCUT2D eigenvalue weighted by molar-refractivity contribution is 5.71. The van der Waals surface area contributed by atoms with Crippen molar-refractivity contribution in [1.82, 2.24) is 0 Å². The number of carbonyl (C=O) groups is 2. The Morgan fingerprint density at radius 1 is 0.792 bits per heavy atom. The average Bonchev–Trinajstić information content (AvgIpc) is 2.50. The first-order chi connectivity index (χ1) is 11.4. The standard InChI is InChI=1S/C20H22O4/c1-13-7-3-5-9-16(13)20(17-10-6-4-8-14(17)2)15(11-18(21)22)12-19(23)24/h3-10,15,20H,11-12H2,1-2H3,(H,21,22)(H,23,24). The fourth-order valence-electron chi connectivity index (χ4n) is 3.30. The fourth-order valence-corrected chi connectivity index (χ4v) is 3.30. The Balaban J connectivity index is 2.60. The molecule has 0 fully saturated rings. The molecule has 0 unspecified atom stereocenters.